The number of hydrogen-bond acceptors (Lipinski definition) is 2. The van der Waals surface area contributed by atoms with Gasteiger partial charge in [-0.3, -0.25) is 10.1 Å². The lowest BCUT2D eigenvalue weighted by Crippen LogP contribution is -2.35. The molecule has 1 aliphatic carbocycles. The molecule has 0 aliphatic heterocycles. The summed E-state index contributed by atoms with van der Waals surface area (Å²) in [6.07, 6.45) is 3.98. The molecule has 0 bridgehead atoms. The fourth-order valence-corrected chi connectivity index (χ4v) is 3.69. The Balaban J connectivity index is 1.91. The zero-order valence-corrected chi connectivity index (χ0v) is 14.8. The van der Waals surface area contributed by atoms with E-state index in [0.717, 1.165) is 22.3 Å². The molecule has 0 saturated heterocycles. The van der Waals surface area contributed by atoms with Crippen molar-refractivity contribution in [1.29, 1.82) is 0 Å². The van der Waals surface area contributed by atoms with Crippen LogP contribution in [0.2, 0.25) is 0 Å². The molecule has 0 radical (unpaired) electrons. The van der Waals surface area contributed by atoms with Crippen molar-refractivity contribution < 1.29 is 4.92 Å². The van der Waals surface area contributed by atoms with Gasteiger partial charge in [-0.15, -0.1) is 0 Å². The average Bonchev–Trinajstić information content (AvgIpc) is 2.75. The Hall–Kier alpha value is -3.46. The largest absolute Gasteiger partial charge is 0.269 e. The number of nitro groups is 1. The third-order valence-electron chi connectivity index (χ3n) is 5.10. The van der Waals surface area contributed by atoms with Crippen LogP contribution < -0.4 is 0 Å². The second-order valence-corrected chi connectivity index (χ2v) is 6.68. The molecule has 4 rings (SSSR count). The van der Waals surface area contributed by atoms with Gasteiger partial charge in [0.15, 0.2) is 0 Å². The van der Waals surface area contributed by atoms with Gasteiger partial charge < -0.3 is 0 Å². The second-order valence-electron chi connectivity index (χ2n) is 6.68. The number of rotatable bonds is 4. The SMILES string of the molecule is O=[N+]([O-])C1(c2ccccc2)C=CC(c2ccccc2)=C(c2ccccc2)C1. The van der Waals surface area contributed by atoms with Crippen LogP contribution in [-0.4, -0.2) is 4.92 Å². The highest BCUT2D eigenvalue weighted by atomic mass is 16.6. The van der Waals surface area contributed by atoms with Gasteiger partial charge in [-0.1, -0.05) is 97.1 Å². The molecule has 3 heteroatoms. The first kappa shape index (κ1) is 17.0. The van der Waals surface area contributed by atoms with Crippen LogP contribution in [0.3, 0.4) is 0 Å². The van der Waals surface area contributed by atoms with Gasteiger partial charge in [0, 0.05) is 10.5 Å². The smallest absolute Gasteiger partial charge is 0.263 e. The van der Waals surface area contributed by atoms with Gasteiger partial charge >= 0.3 is 0 Å². The molecule has 0 saturated carbocycles. The van der Waals surface area contributed by atoms with Crippen molar-refractivity contribution in [2.24, 2.45) is 0 Å². The summed E-state index contributed by atoms with van der Waals surface area (Å²) < 4.78 is 0. The molecule has 0 fully saturated rings. The fourth-order valence-electron chi connectivity index (χ4n) is 3.69. The third kappa shape index (κ3) is 3.08. The van der Waals surface area contributed by atoms with E-state index in [4.69, 9.17) is 0 Å². The van der Waals surface area contributed by atoms with Crippen LogP contribution in [0, 0.1) is 10.1 Å². The molecule has 3 nitrogen and oxygen atoms in total. The standard InChI is InChI=1S/C24H19NO2/c26-25(27)24(21-14-8-3-9-15-21)17-16-22(19-10-4-1-5-11-19)23(18-24)20-12-6-2-7-13-20/h1-17H,18H2. The van der Waals surface area contributed by atoms with Crippen LogP contribution in [0.25, 0.3) is 11.1 Å². The van der Waals surface area contributed by atoms with E-state index in [2.05, 4.69) is 0 Å². The summed E-state index contributed by atoms with van der Waals surface area (Å²) in [6, 6.07) is 29.3. The van der Waals surface area contributed by atoms with E-state index in [-0.39, 0.29) is 4.92 Å². The van der Waals surface area contributed by atoms with Gasteiger partial charge in [0.1, 0.15) is 0 Å². The van der Waals surface area contributed by atoms with Crippen molar-refractivity contribution in [2.75, 3.05) is 0 Å². The molecule has 1 aliphatic rings. The first-order valence-electron chi connectivity index (χ1n) is 8.94. The van der Waals surface area contributed by atoms with Gasteiger partial charge in [-0.05, 0) is 28.3 Å². The van der Waals surface area contributed by atoms with Crippen molar-refractivity contribution >= 4 is 11.1 Å². The molecule has 1 unspecified atom stereocenters. The number of nitrogens with zero attached hydrogens (tertiary/aromatic N) is 1. The predicted octanol–water partition coefficient (Wildman–Crippen LogP) is 5.73. The summed E-state index contributed by atoms with van der Waals surface area (Å²) in [4.78, 5) is 12.1. The number of hydrogen-bond donors (Lipinski definition) is 0. The Morgan fingerprint density at radius 2 is 1.26 bits per heavy atom. The normalized spacial score (nSPS) is 19.1. The second kappa shape index (κ2) is 7.04. The molecule has 3 aromatic carbocycles. The lowest BCUT2D eigenvalue weighted by Gasteiger charge is -2.29. The van der Waals surface area contributed by atoms with Crippen molar-refractivity contribution in [3.8, 4) is 0 Å². The van der Waals surface area contributed by atoms with Crippen LogP contribution in [-0.2, 0) is 5.54 Å². The van der Waals surface area contributed by atoms with E-state index >= 15 is 0 Å². The molecule has 0 spiro atoms. The summed E-state index contributed by atoms with van der Waals surface area (Å²) in [5.74, 6) is 0. The Kier molecular flexibility index (Phi) is 4.43. The Morgan fingerprint density at radius 1 is 0.741 bits per heavy atom. The van der Waals surface area contributed by atoms with E-state index in [1.54, 1.807) is 6.08 Å². The van der Waals surface area contributed by atoms with Crippen molar-refractivity contribution in [2.45, 2.75) is 12.0 Å². The Morgan fingerprint density at radius 3 is 1.81 bits per heavy atom. The monoisotopic (exact) mass is 353 g/mol. The molecule has 27 heavy (non-hydrogen) atoms. The summed E-state index contributed by atoms with van der Waals surface area (Å²) in [7, 11) is 0. The minimum atomic E-state index is -1.26. The molecule has 132 valence electrons. The number of allylic oxidation sites excluding steroid dienone is 2. The summed E-state index contributed by atoms with van der Waals surface area (Å²) in [5.41, 5.74) is 3.55. The molecule has 0 heterocycles. The Labute approximate surface area is 158 Å². The molecule has 0 amide bonds. The molecule has 3 aromatic rings. The van der Waals surface area contributed by atoms with Crippen molar-refractivity contribution in [1.82, 2.24) is 0 Å². The van der Waals surface area contributed by atoms with Gasteiger partial charge in [0.25, 0.3) is 5.54 Å². The van der Waals surface area contributed by atoms with Gasteiger partial charge in [-0.2, -0.15) is 0 Å². The highest BCUT2D eigenvalue weighted by molar-refractivity contribution is 5.97. The Bertz CT molecular complexity index is 1010. The zero-order chi connectivity index (χ0) is 18.7. The summed E-state index contributed by atoms with van der Waals surface area (Å²) in [5, 5.41) is 12.2. The maximum absolute atomic E-state index is 12.2. The molecule has 1 atom stereocenters. The number of benzene rings is 3. The first-order valence-corrected chi connectivity index (χ1v) is 8.94. The van der Waals surface area contributed by atoms with E-state index in [0.29, 0.717) is 12.0 Å². The van der Waals surface area contributed by atoms with Crippen LogP contribution in [0.4, 0.5) is 0 Å². The van der Waals surface area contributed by atoms with E-state index in [9.17, 15) is 10.1 Å². The maximum Gasteiger partial charge on any atom is 0.269 e. The highest BCUT2D eigenvalue weighted by Crippen LogP contribution is 2.44. The van der Waals surface area contributed by atoms with Gasteiger partial charge in [0.2, 0.25) is 0 Å². The van der Waals surface area contributed by atoms with Gasteiger partial charge in [0.05, 0.1) is 6.42 Å². The lowest BCUT2D eigenvalue weighted by atomic mass is 9.75. The van der Waals surface area contributed by atoms with Crippen molar-refractivity contribution in [3.05, 3.63) is 130 Å². The van der Waals surface area contributed by atoms with E-state index < -0.39 is 5.54 Å². The molecule has 0 N–H and O–H groups in total. The molecular formula is C24H19NO2. The quantitative estimate of drug-likeness (QED) is 0.444. The first-order chi connectivity index (χ1) is 13.2. The maximum atomic E-state index is 12.2. The third-order valence-corrected chi connectivity index (χ3v) is 5.10. The average molecular weight is 353 g/mol. The lowest BCUT2D eigenvalue weighted by molar-refractivity contribution is -0.562. The summed E-state index contributed by atoms with van der Waals surface area (Å²) >= 11 is 0. The zero-order valence-electron chi connectivity index (χ0n) is 14.8. The van der Waals surface area contributed by atoms with E-state index in [1.165, 1.54) is 0 Å². The van der Waals surface area contributed by atoms with Crippen LogP contribution >= 0.6 is 0 Å². The van der Waals surface area contributed by atoms with Gasteiger partial charge in [-0.25, -0.2) is 0 Å². The predicted molar refractivity (Wildman–Crippen MR) is 109 cm³/mol. The van der Waals surface area contributed by atoms with E-state index in [1.807, 2.05) is 97.1 Å². The fraction of sp³-hybridized carbons (Fsp3) is 0.0833. The van der Waals surface area contributed by atoms with Crippen LogP contribution in [0.15, 0.2) is 103 Å². The minimum absolute atomic E-state index is 0.163. The van der Waals surface area contributed by atoms with Crippen LogP contribution in [0.5, 0.6) is 0 Å². The topological polar surface area (TPSA) is 43.1 Å². The van der Waals surface area contributed by atoms with Crippen molar-refractivity contribution in [3.63, 3.8) is 0 Å². The van der Waals surface area contributed by atoms with Crippen LogP contribution in [0.1, 0.15) is 23.1 Å². The molecule has 0 aromatic heterocycles. The highest BCUT2D eigenvalue weighted by Gasteiger charge is 2.45. The molecular weight excluding hydrogens is 334 g/mol. The summed E-state index contributed by atoms with van der Waals surface area (Å²) in [6.45, 7) is 0. The minimum Gasteiger partial charge on any atom is -0.263 e.